The van der Waals surface area contributed by atoms with Crippen LogP contribution in [0, 0.1) is 11.8 Å². The Morgan fingerprint density at radius 3 is 2.29 bits per heavy atom. The summed E-state index contributed by atoms with van der Waals surface area (Å²) < 4.78 is 39.1. The van der Waals surface area contributed by atoms with Crippen molar-refractivity contribution in [3.05, 3.63) is 29.8 Å². The van der Waals surface area contributed by atoms with Gasteiger partial charge in [-0.25, -0.2) is 4.90 Å². The molecule has 3 amide bonds. The summed E-state index contributed by atoms with van der Waals surface area (Å²) in [5.41, 5.74) is -1.23. The number of amides is 3. The Bertz CT molecular complexity index is 757. The fourth-order valence-electron chi connectivity index (χ4n) is 4.02. The van der Waals surface area contributed by atoms with E-state index in [0.29, 0.717) is 17.7 Å². The normalized spacial score (nSPS) is 23.5. The highest BCUT2D eigenvalue weighted by Crippen LogP contribution is 2.37. The minimum absolute atomic E-state index is 0.0268. The molecule has 1 aromatic rings. The van der Waals surface area contributed by atoms with Gasteiger partial charge >= 0.3 is 6.18 Å². The topological polar surface area (TPSA) is 70.9 Å². The molecular formula is C19H23F3N3O3+. The number of likely N-dealkylation sites (N-methyl/N-ethyl adjacent to an activating group) is 1. The Morgan fingerprint density at radius 2 is 1.71 bits per heavy atom. The molecule has 3 atom stereocenters. The smallest absolute Gasteiger partial charge is 0.321 e. The lowest BCUT2D eigenvalue weighted by Crippen LogP contribution is -3.11. The number of hydrogen-bond donors (Lipinski definition) is 2. The number of carbonyl (C=O) groups is 3. The molecule has 0 radical (unpaired) electrons. The van der Waals surface area contributed by atoms with Crippen LogP contribution in [0.3, 0.4) is 0 Å². The van der Waals surface area contributed by atoms with Gasteiger partial charge in [0.15, 0.2) is 13.2 Å². The van der Waals surface area contributed by atoms with E-state index in [1.54, 1.807) is 7.05 Å². The van der Waals surface area contributed by atoms with Crippen LogP contribution in [-0.4, -0.2) is 42.9 Å². The third kappa shape index (κ3) is 4.19. The summed E-state index contributed by atoms with van der Waals surface area (Å²) in [5.74, 6) is -1.54. The van der Waals surface area contributed by atoms with Crippen LogP contribution in [0.15, 0.2) is 24.3 Å². The van der Waals surface area contributed by atoms with Crippen molar-refractivity contribution in [2.24, 2.45) is 11.8 Å². The zero-order valence-corrected chi connectivity index (χ0v) is 15.5. The molecule has 2 N–H and O–H groups in total. The predicted octanol–water partition coefficient (Wildman–Crippen LogP) is 1.29. The van der Waals surface area contributed by atoms with Gasteiger partial charge in [-0.3, -0.25) is 14.4 Å². The Kier molecular flexibility index (Phi) is 5.74. The van der Waals surface area contributed by atoms with Crippen LogP contribution in [0.1, 0.15) is 31.2 Å². The first-order valence-corrected chi connectivity index (χ1v) is 9.31. The van der Waals surface area contributed by atoms with Gasteiger partial charge < -0.3 is 10.2 Å². The number of anilines is 1. The number of quaternary nitrogens is 1. The van der Waals surface area contributed by atoms with E-state index in [9.17, 15) is 27.6 Å². The number of nitrogens with one attached hydrogen (secondary N) is 2. The monoisotopic (exact) mass is 398 g/mol. The molecule has 2 aliphatic rings. The van der Waals surface area contributed by atoms with Crippen molar-refractivity contribution < 1.29 is 32.5 Å². The second kappa shape index (κ2) is 7.90. The molecule has 9 heteroatoms. The maximum Gasteiger partial charge on any atom is 0.418 e. The van der Waals surface area contributed by atoms with E-state index in [0.717, 1.165) is 18.9 Å². The molecule has 0 aromatic heterocycles. The number of fused-ring (bicyclic) bond motifs is 1. The Hall–Kier alpha value is -2.42. The standard InChI is InChI=1S/C19H22F3N3O3/c1-24(11-25-17(27)12-6-2-3-7-13(12)18(25)28)10-16(26)23-15-9-5-4-8-14(15)19(20,21)22/h4-5,8-9,12-13H,2-3,6-7,10-11H2,1H3,(H,23,26)/p+1/t12-,13-/m0/s1. The van der Waals surface area contributed by atoms with Crippen molar-refractivity contribution in [3.63, 3.8) is 0 Å². The Balaban J connectivity index is 1.60. The third-order valence-electron chi connectivity index (χ3n) is 5.33. The fourth-order valence-corrected chi connectivity index (χ4v) is 4.02. The summed E-state index contributed by atoms with van der Waals surface area (Å²) in [5, 5.41) is 2.28. The van der Waals surface area contributed by atoms with Crippen molar-refractivity contribution in [1.29, 1.82) is 0 Å². The number of likely N-dealkylation sites (tertiary alicyclic amines) is 1. The maximum atomic E-state index is 13.0. The SMILES string of the molecule is C[NH+](CC(=O)Nc1ccccc1C(F)(F)F)CN1C(=O)[C@H]2CCCC[C@@H]2C1=O. The summed E-state index contributed by atoms with van der Waals surface area (Å²) in [6, 6.07) is 4.74. The molecule has 6 nitrogen and oxygen atoms in total. The van der Waals surface area contributed by atoms with Crippen LogP contribution in [0.5, 0.6) is 0 Å². The molecule has 28 heavy (non-hydrogen) atoms. The number of carbonyl (C=O) groups excluding carboxylic acids is 3. The molecular weight excluding hydrogens is 375 g/mol. The first-order chi connectivity index (χ1) is 13.2. The molecule has 1 heterocycles. The van der Waals surface area contributed by atoms with Gasteiger partial charge in [-0.05, 0) is 25.0 Å². The first-order valence-electron chi connectivity index (χ1n) is 9.31. The fraction of sp³-hybridized carbons (Fsp3) is 0.526. The third-order valence-corrected chi connectivity index (χ3v) is 5.33. The molecule has 1 aliphatic heterocycles. The molecule has 152 valence electrons. The van der Waals surface area contributed by atoms with E-state index < -0.39 is 17.6 Å². The average Bonchev–Trinajstić information content (AvgIpc) is 2.86. The summed E-state index contributed by atoms with van der Waals surface area (Å²) in [7, 11) is 1.62. The number of alkyl halides is 3. The van der Waals surface area contributed by atoms with E-state index in [1.807, 2.05) is 0 Å². The van der Waals surface area contributed by atoms with Gasteiger partial charge in [0.2, 0.25) is 11.8 Å². The van der Waals surface area contributed by atoms with Gasteiger partial charge in [0, 0.05) is 0 Å². The minimum atomic E-state index is -4.58. The predicted molar refractivity (Wildman–Crippen MR) is 94.0 cm³/mol. The molecule has 3 rings (SSSR count). The Morgan fingerprint density at radius 1 is 1.14 bits per heavy atom. The van der Waals surface area contributed by atoms with Crippen LogP contribution in [0.4, 0.5) is 18.9 Å². The number of para-hydroxylation sites is 1. The van der Waals surface area contributed by atoms with Crippen LogP contribution >= 0.6 is 0 Å². The molecule has 0 spiro atoms. The number of nitrogens with zero attached hydrogens (tertiary/aromatic N) is 1. The summed E-state index contributed by atoms with van der Waals surface area (Å²) in [6.07, 6.45) is -1.30. The summed E-state index contributed by atoms with van der Waals surface area (Å²) >= 11 is 0. The Labute approximate surface area is 160 Å². The van der Waals surface area contributed by atoms with E-state index in [-0.39, 0.29) is 42.6 Å². The quantitative estimate of drug-likeness (QED) is 0.735. The highest BCUT2D eigenvalue weighted by molar-refractivity contribution is 6.05. The highest BCUT2D eigenvalue weighted by Gasteiger charge is 2.49. The molecule has 1 saturated heterocycles. The van der Waals surface area contributed by atoms with Crippen LogP contribution in [0.2, 0.25) is 0 Å². The van der Waals surface area contributed by atoms with Gasteiger partial charge in [0.05, 0.1) is 30.1 Å². The zero-order valence-electron chi connectivity index (χ0n) is 15.5. The van der Waals surface area contributed by atoms with E-state index in [2.05, 4.69) is 5.32 Å². The van der Waals surface area contributed by atoms with Crippen LogP contribution < -0.4 is 10.2 Å². The largest absolute Gasteiger partial charge is 0.418 e. The maximum absolute atomic E-state index is 13.0. The summed E-state index contributed by atoms with van der Waals surface area (Å²) in [4.78, 5) is 38.9. The average molecular weight is 398 g/mol. The van der Waals surface area contributed by atoms with Gasteiger partial charge in [0.25, 0.3) is 5.91 Å². The van der Waals surface area contributed by atoms with Crippen LogP contribution in [-0.2, 0) is 20.6 Å². The van der Waals surface area contributed by atoms with Crippen LogP contribution in [0.25, 0.3) is 0 Å². The number of rotatable bonds is 5. The van der Waals surface area contributed by atoms with Gasteiger partial charge in [-0.15, -0.1) is 0 Å². The molecule has 1 aromatic carbocycles. The van der Waals surface area contributed by atoms with E-state index in [1.165, 1.54) is 23.1 Å². The van der Waals surface area contributed by atoms with Crippen molar-refractivity contribution in [1.82, 2.24) is 4.90 Å². The lowest BCUT2D eigenvalue weighted by Gasteiger charge is -2.20. The van der Waals surface area contributed by atoms with Gasteiger partial charge in [-0.2, -0.15) is 13.2 Å². The molecule has 1 aliphatic carbocycles. The lowest BCUT2D eigenvalue weighted by atomic mass is 9.81. The van der Waals surface area contributed by atoms with E-state index >= 15 is 0 Å². The lowest BCUT2D eigenvalue weighted by molar-refractivity contribution is -0.878. The first kappa shape index (κ1) is 20.3. The van der Waals surface area contributed by atoms with Crippen molar-refractivity contribution in [2.45, 2.75) is 31.9 Å². The second-order valence-corrected chi connectivity index (χ2v) is 7.49. The highest BCUT2D eigenvalue weighted by atomic mass is 19.4. The van der Waals surface area contributed by atoms with Gasteiger partial charge in [-0.1, -0.05) is 25.0 Å². The van der Waals surface area contributed by atoms with Crippen molar-refractivity contribution in [3.8, 4) is 0 Å². The molecule has 1 unspecified atom stereocenters. The van der Waals surface area contributed by atoms with Crippen molar-refractivity contribution >= 4 is 23.4 Å². The molecule has 1 saturated carbocycles. The number of halogens is 3. The number of imide groups is 1. The minimum Gasteiger partial charge on any atom is -0.321 e. The van der Waals surface area contributed by atoms with Crippen molar-refractivity contribution in [2.75, 3.05) is 25.6 Å². The van der Waals surface area contributed by atoms with E-state index in [4.69, 9.17) is 0 Å². The van der Waals surface area contributed by atoms with Gasteiger partial charge in [0.1, 0.15) is 0 Å². The second-order valence-electron chi connectivity index (χ2n) is 7.49. The number of hydrogen-bond acceptors (Lipinski definition) is 3. The summed E-state index contributed by atoms with van der Waals surface area (Å²) in [6.45, 7) is -0.141. The number of benzene rings is 1. The molecule has 2 fully saturated rings. The molecule has 0 bridgehead atoms. The zero-order chi connectivity index (χ0) is 20.5.